The Labute approximate surface area is 129 Å². The second-order valence-electron chi connectivity index (χ2n) is 4.94. The Kier molecular flexibility index (Phi) is 2.88. The van der Waals surface area contributed by atoms with Gasteiger partial charge in [0, 0.05) is 5.39 Å². The predicted octanol–water partition coefficient (Wildman–Crippen LogP) is 2.63. The van der Waals surface area contributed by atoms with Crippen molar-refractivity contribution in [1.82, 2.24) is 4.98 Å². The quantitative estimate of drug-likeness (QED) is 0.674. The molecule has 3 heterocycles. The molecule has 0 bridgehead atoms. The number of carbonyl (C=O) groups excluding carboxylic acids is 1. The minimum Gasteiger partial charge on any atom is -0.449 e. The fourth-order valence-electron chi connectivity index (χ4n) is 2.61. The average molecular weight is 316 g/mol. The third-order valence-electron chi connectivity index (χ3n) is 3.59. The molecular formula is C15H10ClN3O3. The lowest BCUT2D eigenvalue weighted by molar-refractivity contribution is 0.0979. The minimum atomic E-state index is -0.504. The molecule has 110 valence electrons. The Bertz CT molecular complexity index is 961. The molecule has 0 saturated heterocycles. The van der Waals surface area contributed by atoms with Crippen LogP contribution >= 0.6 is 11.6 Å². The molecule has 0 spiro atoms. The van der Waals surface area contributed by atoms with Gasteiger partial charge >= 0.3 is 5.91 Å². The normalized spacial score (nSPS) is 14.6. The number of aromatic nitrogens is 1. The number of nitrogens with one attached hydrogen (secondary N) is 1. The van der Waals surface area contributed by atoms with Crippen molar-refractivity contribution < 1.29 is 14.3 Å². The number of hydrogen-bond acceptors (Lipinski definition) is 5. The summed E-state index contributed by atoms with van der Waals surface area (Å²) in [5.74, 6) is -0.365. The van der Waals surface area contributed by atoms with Crippen molar-refractivity contribution in [1.29, 1.82) is 0 Å². The van der Waals surface area contributed by atoms with Crippen LogP contribution in [0.15, 0.2) is 33.7 Å². The zero-order valence-electron chi connectivity index (χ0n) is 11.3. The highest BCUT2D eigenvalue weighted by atomic mass is 35.5. The van der Waals surface area contributed by atoms with E-state index in [9.17, 15) is 9.90 Å². The van der Waals surface area contributed by atoms with Gasteiger partial charge in [-0.25, -0.2) is 9.98 Å². The summed E-state index contributed by atoms with van der Waals surface area (Å²) in [6, 6.07) is 7.07. The van der Waals surface area contributed by atoms with E-state index in [0.29, 0.717) is 27.7 Å². The van der Waals surface area contributed by atoms with Crippen LogP contribution in [0.1, 0.15) is 10.6 Å². The fourth-order valence-corrected chi connectivity index (χ4v) is 2.77. The molecule has 1 aliphatic rings. The van der Waals surface area contributed by atoms with Crippen LogP contribution in [0.3, 0.4) is 0 Å². The first kappa shape index (κ1) is 13.2. The molecular weight excluding hydrogens is 306 g/mol. The third kappa shape index (κ3) is 1.88. The molecule has 0 saturated carbocycles. The zero-order valence-corrected chi connectivity index (χ0v) is 12.0. The van der Waals surface area contributed by atoms with E-state index in [2.05, 4.69) is 15.3 Å². The molecule has 22 heavy (non-hydrogen) atoms. The number of nitrogens with zero attached hydrogens (tertiary/aromatic N) is 2. The molecule has 3 aromatic rings. The van der Waals surface area contributed by atoms with Gasteiger partial charge in [-0.2, -0.15) is 0 Å². The lowest BCUT2D eigenvalue weighted by Crippen LogP contribution is -2.16. The summed E-state index contributed by atoms with van der Waals surface area (Å²) in [6.45, 7) is 0.000136. The van der Waals surface area contributed by atoms with E-state index in [1.54, 1.807) is 18.2 Å². The van der Waals surface area contributed by atoms with Gasteiger partial charge < -0.3 is 14.8 Å². The molecule has 1 aliphatic heterocycles. The first-order chi connectivity index (χ1) is 10.7. The number of hydrogen-bond donors (Lipinski definition) is 2. The van der Waals surface area contributed by atoms with Crippen molar-refractivity contribution in [2.24, 2.45) is 4.99 Å². The number of amides is 1. The number of aliphatic hydroxyl groups is 1. The molecule has 6 nitrogen and oxygen atoms in total. The maximum atomic E-state index is 12.2. The van der Waals surface area contributed by atoms with E-state index in [-0.39, 0.29) is 18.9 Å². The summed E-state index contributed by atoms with van der Waals surface area (Å²) < 4.78 is 5.65. The van der Waals surface area contributed by atoms with Crippen molar-refractivity contribution >= 4 is 50.8 Å². The second-order valence-corrected chi connectivity index (χ2v) is 5.33. The largest absolute Gasteiger partial charge is 0.449 e. The molecule has 0 aliphatic carbocycles. The van der Waals surface area contributed by atoms with Crippen molar-refractivity contribution in [2.75, 3.05) is 18.5 Å². The third-order valence-corrected chi connectivity index (χ3v) is 3.80. The molecule has 2 aromatic heterocycles. The van der Waals surface area contributed by atoms with Crippen LogP contribution in [0.4, 0.5) is 5.69 Å². The highest BCUT2D eigenvalue weighted by Crippen LogP contribution is 2.37. The Hall–Kier alpha value is -2.44. The van der Waals surface area contributed by atoms with Crippen LogP contribution in [0.2, 0.25) is 5.15 Å². The molecule has 7 heteroatoms. The van der Waals surface area contributed by atoms with Crippen molar-refractivity contribution in [3.05, 3.63) is 35.2 Å². The standard InChI is InChI=1S/C15H10ClN3O3/c16-11-4-1-8-9(19-11)2-3-10-12(8)13-14(22-10)15(21)18-7(6-20)5-17-13/h1-4,17,20H,5-6H2. The van der Waals surface area contributed by atoms with E-state index in [4.69, 9.17) is 16.0 Å². The van der Waals surface area contributed by atoms with Crippen LogP contribution in [0.5, 0.6) is 0 Å². The van der Waals surface area contributed by atoms with Gasteiger partial charge in [0.05, 0.1) is 35.5 Å². The number of benzene rings is 1. The Morgan fingerprint density at radius 1 is 1.32 bits per heavy atom. The number of furan rings is 1. The van der Waals surface area contributed by atoms with Gasteiger partial charge in [0.2, 0.25) is 5.76 Å². The smallest absolute Gasteiger partial charge is 0.314 e. The van der Waals surface area contributed by atoms with Crippen molar-refractivity contribution in [3.63, 3.8) is 0 Å². The molecule has 4 rings (SSSR count). The molecule has 0 radical (unpaired) electrons. The SMILES string of the molecule is O=C1N=C(CO)CNc2c1oc1ccc3nc(Cl)ccc3c21. The number of aliphatic imine (C=N–C) groups is 1. The Morgan fingerprint density at radius 3 is 3.00 bits per heavy atom. The van der Waals surface area contributed by atoms with E-state index in [0.717, 1.165) is 10.8 Å². The first-order valence-electron chi connectivity index (χ1n) is 6.64. The zero-order chi connectivity index (χ0) is 15.3. The molecule has 0 unspecified atom stereocenters. The molecule has 2 N–H and O–H groups in total. The number of rotatable bonds is 1. The summed E-state index contributed by atoms with van der Waals surface area (Å²) in [6.07, 6.45) is 0. The van der Waals surface area contributed by atoms with Gasteiger partial charge in [-0.05, 0) is 24.3 Å². The summed E-state index contributed by atoms with van der Waals surface area (Å²) in [4.78, 5) is 20.3. The van der Waals surface area contributed by atoms with E-state index >= 15 is 0 Å². The van der Waals surface area contributed by atoms with Gasteiger partial charge in [-0.15, -0.1) is 0 Å². The van der Waals surface area contributed by atoms with Gasteiger partial charge in [0.1, 0.15) is 10.7 Å². The van der Waals surface area contributed by atoms with Gasteiger partial charge in [-0.3, -0.25) is 4.79 Å². The maximum absolute atomic E-state index is 12.2. The average Bonchev–Trinajstić information content (AvgIpc) is 2.82. The van der Waals surface area contributed by atoms with Crippen LogP contribution < -0.4 is 5.32 Å². The van der Waals surface area contributed by atoms with Gasteiger partial charge in [-0.1, -0.05) is 11.6 Å². The van der Waals surface area contributed by atoms with Crippen LogP contribution in [-0.4, -0.2) is 34.9 Å². The van der Waals surface area contributed by atoms with E-state index < -0.39 is 5.91 Å². The number of fused-ring (bicyclic) bond motifs is 5. The molecule has 1 amide bonds. The topological polar surface area (TPSA) is 87.7 Å². The van der Waals surface area contributed by atoms with Crippen molar-refractivity contribution in [3.8, 4) is 0 Å². The number of aliphatic hydroxyl groups excluding tert-OH is 1. The summed E-state index contributed by atoms with van der Waals surface area (Å²) in [7, 11) is 0. The van der Waals surface area contributed by atoms with Gasteiger partial charge in [0.15, 0.2) is 0 Å². The lowest BCUT2D eigenvalue weighted by atomic mass is 10.1. The van der Waals surface area contributed by atoms with Crippen LogP contribution in [-0.2, 0) is 0 Å². The Balaban J connectivity index is 2.04. The number of anilines is 1. The second kappa shape index (κ2) is 4.79. The summed E-state index contributed by atoms with van der Waals surface area (Å²) in [5.41, 5.74) is 2.23. The van der Waals surface area contributed by atoms with Crippen molar-refractivity contribution in [2.45, 2.75) is 0 Å². The van der Waals surface area contributed by atoms with E-state index in [1.165, 1.54) is 0 Å². The monoisotopic (exact) mass is 315 g/mol. The summed E-state index contributed by atoms with van der Waals surface area (Å²) in [5, 5.41) is 14.3. The number of pyridine rings is 1. The van der Waals surface area contributed by atoms with E-state index in [1.807, 2.05) is 6.07 Å². The van der Waals surface area contributed by atoms with Crippen LogP contribution in [0, 0.1) is 0 Å². The minimum absolute atomic E-state index is 0.140. The molecule has 1 aromatic carbocycles. The number of carbonyl (C=O) groups is 1. The maximum Gasteiger partial charge on any atom is 0.314 e. The Morgan fingerprint density at radius 2 is 2.18 bits per heavy atom. The lowest BCUT2D eigenvalue weighted by Gasteiger charge is -2.05. The van der Waals surface area contributed by atoms with Gasteiger partial charge in [0.25, 0.3) is 0 Å². The first-order valence-corrected chi connectivity index (χ1v) is 7.02. The van der Waals surface area contributed by atoms with Crippen LogP contribution in [0.25, 0.3) is 21.9 Å². The number of halogens is 1. The summed E-state index contributed by atoms with van der Waals surface area (Å²) >= 11 is 5.92. The molecule has 0 fully saturated rings. The fraction of sp³-hybridized carbons (Fsp3) is 0.133. The highest BCUT2D eigenvalue weighted by molar-refractivity contribution is 6.30. The predicted molar refractivity (Wildman–Crippen MR) is 83.9 cm³/mol. The molecule has 0 atom stereocenters. The highest BCUT2D eigenvalue weighted by Gasteiger charge is 2.25.